The molecule has 2 aromatic rings. The molecule has 0 fully saturated rings. The molecule has 1 aromatic heterocycles. The fourth-order valence-electron chi connectivity index (χ4n) is 1.78. The first-order valence-corrected chi connectivity index (χ1v) is 5.96. The fourth-order valence-corrected chi connectivity index (χ4v) is 1.78. The molecule has 0 aliphatic carbocycles. The van der Waals surface area contributed by atoms with Gasteiger partial charge in [0.2, 0.25) is 0 Å². The molecular weight excluding hydrogens is 226 g/mol. The summed E-state index contributed by atoms with van der Waals surface area (Å²) in [4.78, 5) is 8.39. The van der Waals surface area contributed by atoms with Crippen LogP contribution in [0.15, 0.2) is 36.5 Å². The summed E-state index contributed by atoms with van der Waals surface area (Å²) >= 11 is 0. The second-order valence-corrected chi connectivity index (χ2v) is 4.18. The predicted octanol–water partition coefficient (Wildman–Crippen LogP) is 1.57. The van der Waals surface area contributed by atoms with Gasteiger partial charge in [-0.15, -0.1) is 0 Å². The van der Waals surface area contributed by atoms with Crippen LogP contribution in [0, 0.1) is 6.92 Å². The lowest BCUT2D eigenvalue weighted by atomic mass is 10.1. The van der Waals surface area contributed by atoms with E-state index in [0.717, 1.165) is 29.2 Å². The maximum absolute atomic E-state index is 9.06. The highest BCUT2D eigenvalue weighted by Crippen LogP contribution is 2.05. The van der Waals surface area contributed by atoms with Crippen LogP contribution >= 0.6 is 0 Å². The Morgan fingerprint density at radius 3 is 2.78 bits per heavy atom. The molecule has 2 N–H and O–H groups in total. The first-order chi connectivity index (χ1) is 8.78. The summed E-state index contributed by atoms with van der Waals surface area (Å²) in [5, 5.41) is 12.4. The maximum atomic E-state index is 9.06. The van der Waals surface area contributed by atoms with Crippen molar-refractivity contribution in [2.75, 3.05) is 0 Å². The largest absolute Gasteiger partial charge is 0.392 e. The van der Waals surface area contributed by atoms with E-state index in [0.29, 0.717) is 6.54 Å². The number of hydrogen-bond acceptors (Lipinski definition) is 4. The van der Waals surface area contributed by atoms with Crippen molar-refractivity contribution in [2.45, 2.75) is 26.6 Å². The van der Waals surface area contributed by atoms with Gasteiger partial charge in [-0.25, -0.2) is 9.97 Å². The molecule has 0 aliphatic heterocycles. The number of nitrogens with zero attached hydrogens (tertiary/aromatic N) is 2. The van der Waals surface area contributed by atoms with Gasteiger partial charge < -0.3 is 10.4 Å². The molecule has 0 unspecified atom stereocenters. The number of aliphatic hydroxyl groups excluding tert-OH is 1. The van der Waals surface area contributed by atoms with Gasteiger partial charge in [0, 0.05) is 19.3 Å². The van der Waals surface area contributed by atoms with Gasteiger partial charge in [-0.3, -0.25) is 0 Å². The van der Waals surface area contributed by atoms with Crippen LogP contribution in [0.4, 0.5) is 0 Å². The molecule has 2 rings (SSSR count). The van der Waals surface area contributed by atoms with Crippen LogP contribution in [-0.4, -0.2) is 15.1 Å². The van der Waals surface area contributed by atoms with E-state index in [1.807, 2.05) is 37.3 Å². The van der Waals surface area contributed by atoms with E-state index in [4.69, 9.17) is 5.11 Å². The highest BCUT2D eigenvalue weighted by molar-refractivity contribution is 5.22. The smallest absolute Gasteiger partial charge is 0.125 e. The molecule has 0 radical (unpaired) electrons. The van der Waals surface area contributed by atoms with Crippen LogP contribution in [0.1, 0.15) is 22.6 Å². The molecule has 1 aromatic carbocycles. The zero-order valence-electron chi connectivity index (χ0n) is 10.4. The van der Waals surface area contributed by atoms with Gasteiger partial charge in [-0.05, 0) is 24.1 Å². The van der Waals surface area contributed by atoms with Crippen molar-refractivity contribution in [1.82, 2.24) is 15.3 Å². The standard InChI is InChI=1S/C14H17N3O/c1-11-16-6-5-14(17-11)9-15-8-12-3-2-4-13(7-12)10-18/h2-7,15,18H,8-10H2,1H3. The van der Waals surface area contributed by atoms with Crippen molar-refractivity contribution >= 4 is 0 Å². The molecule has 94 valence electrons. The third kappa shape index (κ3) is 3.61. The van der Waals surface area contributed by atoms with Crippen LogP contribution in [-0.2, 0) is 19.7 Å². The summed E-state index contributed by atoms with van der Waals surface area (Å²) in [5.41, 5.74) is 3.08. The SMILES string of the molecule is Cc1nccc(CNCc2cccc(CO)c2)n1. The van der Waals surface area contributed by atoms with E-state index in [1.165, 1.54) is 0 Å². The van der Waals surface area contributed by atoms with Gasteiger partial charge in [-0.1, -0.05) is 24.3 Å². The second-order valence-electron chi connectivity index (χ2n) is 4.18. The van der Waals surface area contributed by atoms with Crippen molar-refractivity contribution in [2.24, 2.45) is 0 Å². The Morgan fingerprint density at radius 1 is 1.17 bits per heavy atom. The number of nitrogens with one attached hydrogen (secondary N) is 1. The molecular formula is C14H17N3O. The number of benzene rings is 1. The van der Waals surface area contributed by atoms with Gasteiger partial charge in [-0.2, -0.15) is 0 Å². The maximum Gasteiger partial charge on any atom is 0.125 e. The van der Waals surface area contributed by atoms with Gasteiger partial charge in [0.05, 0.1) is 12.3 Å². The topological polar surface area (TPSA) is 58.0 Å². The summed E-state index contributed by atoms with van der Waals surface area (Å²) in [6.07, 6.45) is 1.77. The molecule has 0 aliphatic rings. The van der Waals surface area contributed by atoms with Crippen molar-refractivity contribution in [3.05, 3.63) is 59.2 Å². The van der Waals surface area contributed by atoms with E-state index in [2.05, 4.69) is 15.3 Å². The monoisotopic (exact) mass is 243 g/mol. The van der Waals surface area contributed by atoms with Crippen LogP contribution in [0.5, 0.6) is 0 Å². The van der Waals surface area contributed by atoms with Crippen LogP contribution in [0.3, 0.4) is 0 Å². The van der Waals surface area contributed by atoms with E-state index in [9.17, 15) is 0 Å². The molecule has 0 saturated carbocycles. The molecule has 0 atom stereocenters. The third-order valence-electron chi connectivity index (χ3n) is 2.64. The summed E-state index contributed by atoms with van der Waals surface area (Å²) in [6, 6.07) is 9.81. The molecule has 18 heavy (non-hydrogen) atoms. The fraction of sp³-hybridized carbons (Fsp3) is 0.286. The Bertz CT molecular complexity index is 514. The Morgan fingerprint density at radius 2 is 2.00 bits per heavy atom. The quantitative estimate of drug-likeness (QED) is 0.837. The first kappa shape index (κ1) is 12.7. The minimum atomic E-state index is 0.0823. The third-order valence-corrected chi connectivity index (χ3v) is 2.64. The predicted molar refractivity (Wildman–Crippen MR) is 69.7 cm³/mol. The zero-order chi connectivity index (χ0) is 12.8. The van der Waals surface area contributed by atoms with E-state index >= 15 is 0 Å². The number of aryl methyl sites for hydroxylation is 1. The summed E-state index contributed by atoms with van der Waals surface area (Å²) in [7, 11) is 0. The Balaban J connectivity index is 1.88. The minimum Gasteiger partial charge on any atom is -0.392 e. The molecule has 4 heteroatoms. The number of aliphatic hydroxyl groups is 1. The summed E-state index contributed by atoms with van der Waals surface area (Å²) < 4.78 is 0. The lowest BCUT2D eigenvalue weighted by Crippen LogP contribution is -2.14. The minimum absolute atomic E-state index is 0.0823. The Labute approximate surface area is 107 Å². The van der Waals surface area contributed by atoms with Gasteiger partial charge in [0.25, 0.3) is 0 Å². The lowest BCUT2D eigenvalue weighted by Gasteiger charge is -2.06. The first-order valence-electron chi connectivity index (χ1n) is 5.96. The zero-order valence-corrected chi connectivity index (χ0v) is 10.4. The number of rotatable bonds is 5. The lowest BCUT2D eigenvalue weighted by molar-refractivity contribution is 0.281. The van der Waals surface area contributed by atoms with E-state index < -0.39 is 0 Å². The molecule has 0 bridgehead atoms. The van der Waals surface area contributed by atoms with Gasteiger partial charge in [0.15, 0.2) is 0 Å². The van der Waals surface area contributed by atoms with Crippen molar-refractivity contribution in [3.8, 4) is 0 Å². The average molecular weight is 243 g/mol. The highest BCUT2D eigenvalue weighted by atomic mass is 16.3. The Hall–Kier alpha value is -1.78. The van der Waals surface area contributed by atoms with Gasteiger partial charge in [0.1, 0.15) is 5.82 Å². The molecule has 0 saturated heterocycles. The van der Waals surface area contributed by atoms with Crippen molar-refractivity contribution in [3.63, 3.8) is 0 Å². The summed E-state index contributed by atoms with van der Waals surface area (Å²) in [6.45, 7) is 3.44. The Kier molecular flexibility index (Phi) is 4.39. The molecule has 1 heterocycles. The van der Waals surface area contributed by atoms with Crippen LogP contribution in [0.2, 0.25) is 0 Å². The number of aromatic nitrogens is 2. The average Bonchev–Trinajstić information content (AvgIpc) is 2.39. The summed E-state index contributed by atoms with van der Waals surface area (Å²) in [5.74, 6) is 0.788. The van der Waals surface area contributed by atoms with Crippen LogP contribution in [0.25, 0.3) is 0 Å². The van der Waals surface area contributed by atoms with Gasteiger partial charge >= 0.3 is 0 Å². The highest BCUT2D eigenvalue weighted by Gasteiger charge is 1.97. The molecule has 4 nitrogen and oxygen atoms in total. The van der Waals surface area contributed by atoms with E-state index in [1.54, 1.807) is 6.20 Å². The normalized spacial score (nSPS) is 10.6. The van der Waals surface area contributed by atoms with Crippen molar-refractivity contribution in [1.29, 1.82) is 0 Å². The van der Waals surface area contributed by atoms with E-state index in [-0.39, 0.29) is 6.61 Å². The van der Waals surface area contributed by atoms with Crippen molar-refractivity contribution < 1.29 is 5.11 Å². The number of hydrogen-bond donors (Lipinski definition) is 2. The van der Waals surface area contributed by atoms with Crippen LogP contribution < -0.4 is 5.32 Å². The molecule has 0 amide bonds. The molecule has 0 spiro atoms. The second kappa shape index (κ2) is 6.23.